The lowest BCUT2D eigenvalue weighted by molar-refractivity contribution is -0.274. The van der Waals surface area contributed by atoms with Crippen molar-refractivity contribution in [1.29, 1.82) is 0 Å². The minimum absolute atomic E-state index is 0.261. The van der Waals surface area contributed by atoms with Crippen LogP contribution < -0.4 is 19.9 Å². The number of unbranched alkanes of at least 4 members (excludes halogenated alkanes) is 1. The Morgan fingerprint density at radius 2 is 1.69 bits per heavy atom. The predicted molar refractivity (Wildman–Crippen MR) is 106 cm³/mol. The van der Waals surface area contributed by atoms with E-state index in [0.29, 0.717) is 35.4 Å². The molecule has 0 radical (unpaired) electrons. The number of nitrogens with one attached hydrogen (secondary N) is 1. The number of fused-ring (bicyclic) bond motifs is 1. The van der Waals surface area contributed by atoms with E-state index < -0.39 is 6.36 Å². The van der Waals surface area contributed by atoms with Crippen LogP contribution in [0, 0.1) is 0 Å². The number of ether oxygens (including phenoxy) is 3. The fourth-order valence-electron chi connectivity index (χ4n) is 3.44. The lowest BCUT2D eigenvalue weighted by atomic mass is 9.99. The van der Waals surface area contributed by atoms with Crippen LogP contribution in [0.15, 0.2) is 36.4 Å². The first kappa shape index (κ1) is 20.9. The molecule has 3 rings (SSSR count). The molecule has 5 nitrogen and oxygen atoms in total. The minimum Gasteiger partial charge on any atom is -0.496 e. The summed E-state index contributed by atoms with van der Waals surface area (Å²) in [4.78, 5) is 3.32. The van der Waals surface area contributed by atoms with Crippen LogP contribution in [0.3, 0.4) is 0 Å². The minimum atomic E-state index is -4.75. The van der Waals surface area contributed by atoms with Crippen molar-refractivity contribution in [2.45, 2.75) is 25.6 Å². The molecule has 0 bridgehead atoms. The van der Waals surface area contributed by atoms with E-state index in [1.807, 2.05) is 18.2 Å². The Labute approximate surface area is 166 Å². The van der Waals surface area contributed by atoms with Crippen molar-refractivity contribution in [2.24, 2.45) is 5.73 Å². The summed E-state index contributed by atoms with van der Waals surface area (Å²) < 4.78 is 53.2. The van der Waals surface area contributed by atoms with Gasteiger partial charge in [0.1, 0.15) is 17.2 Å². The highest BCUT2D eigenvalue weighted by molar-refractivity contribution is 5.94. The number of aromatic nitrogens is 1. The Morgan fingerprint density at radius 3 is 2.28 bits per heavy atom. The molecule has 0 fully saturated rings. The molecule has 0 aliphatic heterocycles. The second kappa shape index (κ2) is 8.65. The number of H-pyrrole nitrogens is 1. The Hall–Kier alpha value is -2.87. The molecule has 3 aromatic rings. The summed E-state index contributed by atoms with van der Waals surface area (Å²) in [5, 5.41) is 0.659. The number of nitrogens with two attached hydrogens (primary N) is 1. The van der Waals surface area contributed by atoms with Crippen LogP contribution in [0.2, 0.25) is 0 Å². The van der Waals surface area contributed by atoms with E-state index in [1.165, 1.54) is 12.1 Å². The number of aryl methyl sites for hydroxylation is 1. The fraction of sp³-hybridized carbons (Fsp3) is 0.333. The van der Waals surface area contributed by atoms with Crippen molar-refractivity contribution >= 4 is 10.9 Å². The summed E-state index contributed by atoms with van der Waals surface area (Å²) in [5.74, 6) is 0.938. The van der Waals surface area contributed by atoms with E-state index in [1.54, 1.807) is 20.3 Å². The van der Waals surface area contributed by atoms with Gasteiger partial charge in [-0.25, -0.2) is 0 Å². The maximum absolute atomic E-state index is 12.7. The lowest BCUT2D eigenvalue weighted by Crippen LogP contribution is -2.16. The zero-order chi connectivity index (χ0) is 21.0. The van der Waals surface area contributed by atoms with Gasteiger partial charge in [0.2, 0.25) is 0 Å². The zero-order valence-corrected chi connectivity index (χ0v) is 16.2. The molecule has 0 aliphatic carbocycles. The lowest BCUT2D eigenvalue weighted by Gasteiger charge is -2.14. The number of aromatic amines is 1. The topological polar surface area (TPSA) is 69.5 Å². The molecule has 0 unspecified atom stereocenters. The van der Waals surface area contributed by atoms with Gasteiger partial charge in [0, 0.05) is 10.9 Å². The van der Waals surface area contributed by atoms with Gasteiger partial charge in [-0.05, 0) is 61.7 Å². The highest BCUT2D eigenvalue weighted by atomic mass is 19.4. The molecule has 0 saturated heterocycles. The molecule has 0 atom stereocenters. The van der Waals surface area contributed by atoms with Gasteiger partial charge in [-0.15, -0.1) is 13.2 Å². The molecule has 2 aromatic carbocycles. The van der Waals surface area contributed by atoms with Gasteiger partial charge in [0.15, 0.2) is 0 Å². The summed E-state index contributed by atoms with van der Waals surface area (Å²) in [6, 6.07) is 9.71. The number of alkyl halides is 3. The summed E-state index contributed by atoms with van der Waals surface area (Å²) in [6.07, 6.45) is -2.53. The van der Waals surface area contributed by atoms with E-state index in [9.17, 15) is 13.2 Å². The zero-order valence-electron chi connectivity index (χ0n) is 16.2. The normalized spacial score (nSPS) is 11.7. The number of hydrogen-bond acceptors (Lipinski definition) is 4. The van der Waals surface area contributed by atoms with Gasteiger partial charge < -0.3 is 24.9 Å². The van der Waals surface area contributed by atoms with Crippen molar-refractivity contribution in [2.75, 3.05) is 20.8 Å². The van der Waals surface area contributed by atoms with Gasteiger partial charge in [0.25, 0.3) is 0 Å². The second-order valence-electron chi connectivity index (χ2n) is 6.52. The quantitative estimate of drug-likeness (QED) is 0.513. The third-order valence-corrected chi connectivity index (χ3v) is 4.67. The highest BCUT2D eigenvalue weighted by Gasteiger charge is 2.31. The van der Waals surface area contributed by atoms with Gasteiger partial charge in [0.05, 0.1) is 25.5 Å². The smallest absolute Gasteiger partial charge is 0.496 e. The van der Waals surface area contributed by atoms with E-state index in [4.69, 9.17) is 15.2 Å². The van der Waals surface area contributed by atoms with Crippen molar-refractivity contribution in [3.63, 3.8) is 0 Å². The Kier molecular flexibility index (Phi) is 6.22. The number of benzene rings is 2. The van der Waals surface area contributed by atoms with Gasteiger partial charge in [-0.1, -0.05) is 6.07 Å². The van der Waals surface area contributed by atoms with Crippen LogP contribution in [0.1, 0.15) is 18.4 Å². The van der Waals surface area contributed by atoms with Crippen LogP contribution in [0.5, 0.6) is 17.2 Å². The maximum Gasteiger partial charge on any atom is 0.573 e. The van der Waals surface area contributed by atoms with Crippen molar-refractivity contribution < 1.29 is 27.4 Å². The number of rotatable bonds is 8. The SMILES string of the molecule is COc1cccc(OC)c1-c1[nH]c2ccc(OC(F)(F)F)cc2c1CCCCN. The van der Waals surface area contributed by atoms with Crippen molar-refractivity contribution in [1.82, 2.24) is 4.98 Å². The molecule has 156 valence electrons. The molecule has 0 amide bonds. The molecule has 8 heteroatoms. The van der Waals surface area contributed by atoms with E-state index in [0.717, 1.165) is 29.7 Å². The van der Waals surface area contributed by atoms with Crippen LogP contribution in [-0.2, 0) is 6.42 Å². The van der Waals surface area contributed by atoms with Gasteiger partial charge in [-0.2, -0.15) is 0 Å². The Balaban J connectivity index is 2.20. The number of hydrogen-bond donors (Lipinski definition) is 2. The molecule has 1 heterocycles. The third-order valence-electron chi connectivity index (χ3n) is 4.67. The second-order valence-corrected chi connectivity index (χ2v) is 6.52. The molecular formula is C21H23F3N2O3. The van der Waals surface area contributed by atoms with Gasteiger partial charge in [-0.3, -0.25) is 0 Å². The monoisotopic (exact) mass is 408 g/mol. The molecular weight excluding hydrogens is 385 g/mol. The summed E-state index contributed by atoms with van der Waals surface area (Å²) in [5.41, 5.74) is 8.65. The van der Waals surface area contributed by atoms with E-state index in [-0.39, 0.29) is 5.75 Å². The average molecular weight is 408 g/mol. The molecule has 3 N–H and O–H groups in total. The standard InChI is InChI=1S/C21H23F3N2O3/c1-27-17-7-5-8-18(28-2)19(17)20-14(6-3-4-11-25)15-12-13(29-21(22,23)24)9-10-16(15)26-20/h5,7-10,12,26H,3-4,6,11,25H2,1-2H3. The van der Waals surface area contributed by atoms with E-state index >= 15 is 0 Å². The number of halogens is 3. The first-order valence-corrected chi connectivity index (χ1v) is 9.19. The van der Waals surface area contributed by atoms with Crippen molar-refractivity contribution in [3.8, 4) is 28.5 Å². The highest BCUT2D eigenvalue weighted by Crippen LogP contribution is 2.43. The molecule has 0 saturated carbocycles. The van der Waals surface area contributed by atoms with Crippen LogP contribution in [0.25, 0.3) is 22.2 Å². The number of methoxy groups -OCH3 is 2. The van der Waals surface area contributed by atoms with Crippen molar-refractivity contribution in [3.05, 3.63) is 42.0 Å². The third kappa shape index (κ3) is 4.59. The summed E-state index contributed by atoms with van der Waals surface area (Å²) in [6.45, 7) is 0.540. The summed E-state index contributed by atoms with van der Waals surface area (Å²) >= 11 is 0. The largest absolute Gasteiger partial charge is 0.573 e. The first-order chi connectivity index (χ1) is 13.9. The fourth-order valence-corrected chi connectivity index (χ4v) is 3.44. The van der Waals surface area contributed by atoms with Gasteiger partial charge >= 0.3 is 6.36 Å². The summed E-state index contributed by atoms with van der Waals surface area (Å²) in [7, 11) is 3.12. The molecule has 1 aromatic heterocycles. The Morgan fingerprint density at radius 1 is 1.00 bits per heavy atom. The van der Waals surface area contributed by atoms with Crippen LogP contribution in [0.4, 0.5) is 13.2 Å². The molecule has 0 aliphatic rings. The molecule has 29 heavy (non-hydrogen) atoms. The average Bonchev–Trinajstić information content (AvgIpc) is 3.03. The Bertz CT molecular complexity index is 961. The molecule has 0 spiro atoms. The van der Waals surface area contributed by atoms with E-state index in [2.05, 4.69) is 9.72 Å². The van der Waals surface area contributed by atoms with Crippen LogP contribution in [-0.4, -0.2) is 32.1 Å². The maximum atomic E-state index is 12.7. The van der Waals surface area contributed by atoms with Crippen LogP contribution >= 0.6 is 0 Å². The first-order valence-electron chi connectivity index (χ1n) is 9.19. The predicted octanol–water partition coefficient (Wildman–Crippen LogP) is 5.03.